The van der Waals surface area contributed by atoms with Gasteiger partial charge in [-0.05, 0) is 6.07 Å². The highest BCUT2D eigenvalue weighted by Gasteiger charge is 1.95. The molecule has 3 nitrogen and oxygen atoms in total. The molecule has 0 atom stereocenters. The number of hydrogen-bond donors (Lipinski definition) is 2. The number of aliphatic hydroxyl groups excluding tert-OH is 1. The molecular weight excluding hydrogens is 128 g/mol. The SMILES string of the molecule is N=Nc1ccccc1CO. The third-order valence-corrected chi connectivity index (χ3v) is 1.28. The maximum Gasteiger partial charge on any atom is 0.0905 e. The first-order chi connectivity index (χ1) is 4.88. The van der Waals surface area contributed by atoms with Gasteiger partial charge in [-0.3, -0.25) is 0 Å². The van der Waals surface area contributed by atoms with Crippen molar-refractivity contribution >= 4 is 5.69 Å². The maximum absolute atomic E-state index is 8.71. The fourth-order valence-corrected chi connectivity index (χ4v) is 0.754. The summed E-state index contributed by atoms with van der Waals surface area (Å²) in [4.78, 5) is 0. The van der Waals surface area contributed by atoms with Crippen LogP contribution in [0.1, 0.15) is 5.56 Å². The summed E-state index contributed by atoms with van der Waals surface area (Å²) >= 11 is 0. The molecule has 1 rings (SSSR count). The van der Waals surface area contributed by atoms with E-state index in [-0.39, 0.29) is 6.61 Å². The fraction of sp³-hybridized carbons (Fsp3) is 0.143. The third-order valence-electron chi connectivity index (χ3n) is 1.28. The normalized spacial score (nSPS) is 9.30. The van der Waals surface area contributed by atoms with Gasteiger partial charge in [0, 0.05) is 5.56 Å². The van der Waals surface area contributed by atoms with Gasteiger partial charge in [0.05, 0.1) is 12.3 Å². The van der Waals surface area contributed by atoms with E-state index >= 15 is 0 Å². The molecule has 0 aromatic heterocycles. The van der Waals surface area contributed by atoms with E-state index in [1.165, 1.54) is 0 Å². The first-order valence-electron chi connectivity index (χ1n) is 2.94. The lowest BCUT2D eigenvalue weighted by Gasteiger charge is -1.96. The number of para-hydroxylation sites is 1. The summed E-state index contributed by atoms with van der Waals surface area (Å²) in [6.45, 7) is -0.0570. The van der Waals surface area contributed by atoms with Gasteiger partial charge in [0.2, 0.25) is 0 Å². The number of nitrogens with one attached hydrogen (secondary N) is 1. The van der Waals surface area contributed by atoms with Crippen LogP contribution in [0, 0.1) is 5.53 Å². The minimum atomic E-state index is -0.0570. The Kier molecular flexibility index (Phi) is 2.12. The summed E-state index contributed by atoms with van der Waals surface area (Å²) in [5.41, 5.74) is 7.93. The van der Waals surface area contributed by atoms with Crippen LogP contribution in [0.25, 0.3) is 0 Å². The second-order valence-corrected chi connectivity index (χ2v) is 1.90. The smallest absolute Gasteiger partial charge is 0.0905 e. The molecule has 0 spiro atoms. The van der Waals surface area contributed by atoms with Crippen molar-refractivity contribution in [1.82, 2.24) is 0 Å². The van der Waals surface area contributed by atoms with E-state index in [0.717, 1.165) is 0 Å². The maximum atomic E-state index is 8.71. The Balaban J connectivity index is 3.08. The molecule has 0 radical (unpaired) electrons. The number of rotatable bonds is 2. The topological polar surface area (TPSA) is 56.4 Å². The van der Waals surface area contributed by atoms with Crippen molar-refractivity contribution in [3.63, 3.8) is 0 Å². The summed E-state index contributed by atoms with van der Waals surface area (Å²) < 4.78 is 0. The molecule has 0 saturated carbocycles. The molecule has 1 aromatic carbocycles. The van der Waals surface area contributed by atoms with E-state index in [2.05, 4.69) is 5.11 Å². The Bertz CT molecular complexity index is 235. The van der Waals surface area contributed by atoms with E-state index in [1.54, 1.807) is 24.3 Å². The van der Waals surface area contributed by atoms with Crippen LogP contribution in [0.3, 0.4) is 0 Å². The van der Waals surface area contributed by atoms with Gasteiger partial charge in [-0.2, -0.15) is 5.11 Å². The quantitative estimate of drug-likeness (QED) is 0.599. The highest BCUT2D eigenvalue weighted by Crippen LogP contribution is 2.17. The standard InChI is InChI=1S/C7H8N2O/c8-9-7-4-2-1-3-6(7)5-10/h1-4,8,10H,5H2. The van der Waals surface area contributed by atoms with Crippen molar-refractivity contribution in [2.75, 3.05) is 0 Å². The van der Waals surface area contributed by atoms with Gasteiger partial charge in [-0.25, -0.2) is 5.53 Å². The molecule has 0 aliphatic carbocycles. The average molecular weight is 136 g/mol. The number of hydrogen-bond acceptors (Lipinski definition) is 3. The molecule has 0 unspecified atom stereocenters. The van der Waals surface area contributed by atoms with Crippen LogP contribution >= 0.6 is 0 Å². The molecule has 0 aliphatic rings. The Hall–Kier alpha value is -1.22. The zero-order valence-electron chi connectivity index (χ0n) is 5.41. The Labute approximate surface area is 58.8 Å². The van der Waals surface area contributed by atoms with Crippen molar-refractivity contribution in [2.24, 2.45) is 5.11 Å². The molecule has 0 heterocycles. The average Bonchev–Trinajstić information content (AvgIpc) is 2.04. The summed E-state index contributed by atoms with van der Waals surface area (Å²) in [6.07, 6.45) is 0. The molecule has 0 saturated heterocycles. The second-order valence-electron chi connectivity index (χ2n) is 1.90. The zero-order valence-corrected chi connectivity index (χ0v) is 5.41. The predicted octanol–water partition coefficient (Wildman–Crippen LogP) is 1.84. The van der Waals surface area contributed by atoms with Crippen LogP contribution in [0.2, 0.25) is 0 Å². The monoisotopic (exact) mass is 136 g/mol. The van der Waals surface area contributed by atoms with Gasteiger partial charge in [-0.15, -0.1) is 0 Å². The molecule has 10 heavy (non-hydrogen) atoms. The molecule has 3 heteroatoms. The van der Waals surface area contributed by atoms with E-state index in [1.807, 2.05) is 0 Å². The third kappa shape index (κ3) is 1.19. The summed E-state index contributed by atoms with van der Waals surface area (Å²) in [7, 11) is 0. The first kappa shape index (κ1) is 6.89. The van der Waals surface area contributed by atoms with Gasteiger partial charge >= 0.3 is 0 Å². The number of nitrogens with zero attached hydrogens (tertiary/aromatic N) is 1. The largest absolute Gasteiger partial charge is 0.392 e. The summed E-state index contributed by atoms with van der Waals surface area (Å²) in [6, 6.07) is 7.03. The Morgan fingerprint density at radius 3 is 2.60 bits per heavy atom. The van der Waals surface area contributed by atoms with Crippen molar-refractivity contribution < 1.29 is 5.11 Å². The van der Waals surface area contributed by atoms with E-state index in [9.17, 15) is 0 Å². The number of benzene rings is 1. The first-order valence-corrected chi connectivity index (χ1v) is 2.94. The molecule has 2 N–H and O–H groups in total. The van der Waals surface area contributed by atoms with Crippen molar-refractivity contribution in [1.29, 1.82) is 5.53 Å². The van der Waals surface area contributed by atoms with E-state index in [0.29, 0.717) is 11.3 Å². The lowest BCUT2D eigenvalue weighted by molar-refractivity contribution is 0.282. The van der Waals surface area contributed by atoms with Crippen LogP contribution in [-0.2, 0) is 6.61 Å². The summed E-state index contributed by atoms with van der Waals surface area (Å²) in [5.74, 6) is 0. The van der Waals surface area contributed by atoms with Crippen LogP contribution in [0.5, 0.6) is 0 Å². The van der Waals surface area contributed by atoms with Gasteiger partial charge in [0.15, 0.2) is 0 Å². The summed E-state index contributed by atoms with van der Waals surface area (Å²) in [5, 5.41) is 11.9. The molecular formula is C7H8N2O. The molecule has 0 bridgehead atoms. The highest BCUT2D eigenvalue weighted by atomic mass is 16.3. The van der Waals surface area contributed by atoms with Crippen LogP contribution in [0.4, 0.5) is 5.69 Å². The van der Waals surface area contributed by atoms with E-state index < -0.39 is 0 Å². The van der Waals surface area contributed by atoms with Gasteiger partial charge in [0.25, 0.3) is 0 Å². The predicted molar refractivity (Wildman–Crippen MR) is 37.2 cm³/mol. The molecule has 0 aliphatic heterocycles. The minimum Gasteiger partial charge on any atom is -0.392 e. The van der Waals surface area contributed by atoms with Crippen molar-refractivity contribution in [3.8, 4) is 0 Å². The molecule has 0 fully saturated rings. The van der Waals surface area contributed by atoms with E-state index in [4.69, 9.17) is 10.6 Å². The Morgan fingerprint density at radius 1 is 1.40 bits per heavy atom. The number of aliphatic hydroxyl groups is 1. The van der Waals surface area contributed by atoms with Gasteiger partial charge in [-0.1, -0.05) is 18.2 Å². The van der Waals surface area contributed by atoms with Crippen LogP contribution in [-0.4, -0.2) is 5.11 Å². The zero-order chi connectivity index (χ0) is 7.40. The van der Waals surface area contributed by atoms with Gasteiger partial charge < -0.3 is 5.11 Å². The van der Waals surface area contributed by atoms with Crippen LogP contribution < -0.4 is 0 Å². The van der Waals surface area contributed by atoms with Crippen molar-refractivity contribution in [3.05, 3.63) is 29.8 Å². The second kappa shape index (κ2) is 3.08. The Morgan fingerprint density at radius 2 is 2.10 bits per heavy atom. The van der Waals surface area contributed by atoms with Crippen molar-refractivity contribution in [2.45, 2.75) is 6.61 Å². The molecule has 0 amide bonds. The molecule has 52 valence electrons. The molecule has 1 aromatic rings. The lowest BCUT2D eigenvalue weighted by atomic mass is 10.2. The van der Waals surface area contributed by atoms with Gasteiger partial charge in [0.1, 0.15) is 0 Å². The van der Waals surface area contributed by atoms with Crippen LogP contribution in [0.15, 0.2) is 29.4 Å². The lowest BCUT2D eigenvalue weighted by Crippen LogP contribution is -1.81. The highest BCUT2D eigenvalue weighted by molar-refractivity contribution is 5.44. The fourth-order valence-electron chi connectivity index (χ4n) is 0.754. The minimum absolute atomic E-state index is 0.0570.